The number of aromatic hydroxyl groups is 1. The summed E-state index contributed by atoms with van der Waals surface area (Å²) in [6.45, 7) is 0.828. The average molecular weight is 301 g/mol. The van der Waals surface area contributed by atoms with Crippen LogP contribution in [-0.4, -0.2) is 52.2 Å². The Bertz CT molecular complexity index is 717. The summed E-state index contributed by atoms with van der Waals surface area (Å²) < 4.78 is 5.94. The molecule has 1 aromatic rings. The molecule has 22 heavy (non-hydrogen) atoms. The molecule has 4 atom stereocenters. The Morgan fingerprint density at radius 1 is 1.36 bits per heavy atom. The molecular weight excluding hydrogens is 282 g/mol. The molecule has 116 valence electrons. The molecule has 0 aromatic heterocycles. The molecule has 2 bridgehead atoms. The molecular formula is C17H19NO4. The van der Waals surface area contributed by atoms with Gasteiger partial charge in [0.15, 0.2) is 23.4 Å². The average Bonchev–Trinajstić information content (AvgIpc) is 2.85. The molecule has 5 rings (SSSR count). The molecule has 2 fully saturated rings. The first-order valence-electron chi connectivity index (χ1n) is 7.96. The number of phenols is 1. The number of nitrogens with zero attached hydrogens (tertiary/aromatic N) is 1. The second-order valence-electron chi connectivity index (χ2n) is 7.26. The molecule has 2 aliphatic heterocycles. The summed E-state index contributed by atoms with van der Waals surface area (Å²) >= 11 is 0. The van der Waals surface area contributed by atoms with Gasteiger partial charge in [0.2, 0.25) is 0 Å². The molecule has 4 aliphatic rings. The maximum absolute atomic E-state index is 12.5. The fourth-order valence-electron chi connectivity index (χ4n) is 5.54. The lowest BCUT2D eigenvalue weighted by atomic mass is 9.49. The number of hydrogen-bond acceptors (Lipinski definition) is 5. The molecule has 1 saturated heterocycles. The van der Waals surface area contributed by atoms with Crippen LogP contribution in [0.5, 0.6) is 11.5 Å². The number of benzene rings is 1. The van der Waals surface area contributed by atoms with E-state index in [0.717, 1.165) is 24.1 Å². The van der Waals surface area contributed by atoms with Gasteiger partial charge < -0.3 is 19.8 Å². The number of phenolic OH excluding ortho intramolecular Hbond substituents is 1. The third-order valence-corrected chi connectivity index (χ3v) is 6.53. The largest absolute Gasteiger partial charge is 0.504 e. The number of likely N-dealkylation sites (tertiary alicyclic amines) is 1. The molecule has 1 saturated carbocycles. The van der Waals surface area contributed by atoms with Gasteiger partial charge in [0.25, 0.3) is 0 Å². The van der Waals surface area contributed by atoms with E-state index in [-0.39, 0.29) is 17.6 Å². The number of piperidine rings is 1. The zero-order valence-corrected chi connectivity index (χ0v) is 12.5. The van der Waals surface area contributed by atoms with E-state index in [2.05, 4.69) is 4.90 Å². The maximum atomic E-state index is 12.5. The Balaban J connectivity index is 1.88. The van der Waals surface area contributed by atoms with Crippen molar-refractivity contribution in [1.82, 2.24) is 4.90 Å². The first-order chi connectivity index (χ1) is 10.5. The number of carbonyl (C=O) groups excluding carboxylic acids is 1. The predicted octanol–water partition coefficient (Wildman–Crippen LogP) is 0.745. The lowest BCUT2D eigenvalue weighted by Crippen LogP contribution is -2.76. The minimum atomic E-state index is -0.954. The Morgan fingerprint density at radius 2 is 2.18 bits per heavy atom. The van der Waals surface area contributed by atoms with Crippen LogP contribution in [0.1, 0.15) is 30.4 Å². The van der Waals surface area contributed by atoms with Gasteiger partial charge in [-0.1, -0.05) is 6.07 Å². The maximum Gasteiger partial charge on any atom is 0.174 e. The number of ketones is 1. The highest BCUT2D eigenvalue weighted by Crippen LogP contribution is 2.64. The number of Topliss-reactive ketones (excluding diaryl/α,β-unsaturated/α-hetero) is 1. The summed E-state index contributed by atoms with van der Waals surface area (Å²) in [7, 11) is 2.04. The SMILES string of the molecule is CN1CCC23c4c5ccc(O)c4OC2C(=O)CC[C@@]3(O)C1C5. The van der Waals surface area contributed by atoms with Crippen molar-refractivity contribution in [3.63, 3.8) is 0 Å². The minimum Gasteiger partial charge on any atom is -0.504 e. The molecule has 0 amide bonds. The van der Waals surface area contributed by atoms with E-state index < -0.39 is 17.1 Å². The van der Waals surface area contributed by atoms with Gasteiger partial charge in [0.05, 0.1) is 11.0 Å². The van der Waals surface area contributed by atoms with Crippen molar-refractivity contribution < 1.29 is 19.7 Å². The summed E-state index contributed by atoms with van der Waals surface area (Å²) in [5.74, 6) is 0.561. The molecule has 2 N–H and O–H groups in total. The third-order valence-electron chi connectivity index (χ3n) is 6.53. The van der Waals surface area contributed by atoms with Crippen LogP contribution >= 0.6 is 0 Å². The van der Waals surface area contributed by atoms with Crippen molar-refractivity contribution in [2.45, 2.75) is 48.8 Å². The van der Waals surface area contributed by atoms with Gasteiger partial charge in [-0.15, -0.1) is 0 Å². The highest BCUT2D eigenvalue weighted by molar-refractivity contribution is 5.90. The molecule has 5 heteroatoms. The summed E-state index contributed by atoms with van der Waals surface area (Å²) in [6.07, 6.45) is 1.61. The molecule has 5 nitrogen and oxygen atoms in total. The van der Waals surface area contributed by atoms with Crippen molar-refractivity contribution in [2.24, 2.45) is 0 Å². The molecule has 1 aromatic carbocycles. The van der Waals surface area contributed by atoms with Crippen LogP contribution in [0.3, 0.4) is 0 Å². The van der Waals surface area contributed by atoms with Crippen molar-refractivity contribution >= 4 is 5.78 Å². The Morgan fingerprint density at radius 3 is 3.00 bits per heavy atom. The number of carbonyl (C=O) groups is 1. The first-order valence-corrected chi connectivity index (χ1v) is 7.96. The van der Waals surface area contributed by atoms with Gasteiger partial charge in [-0.05, 0) is 44.5 Å². The first kappa shape index (κ1) is 12.9. The van der Waals surface area contributed by atoms with Crippen LogP contribution in [-0.2, 0) is 16.6 Å². The van der Waals surface area contributed by atoms with E-state index in [1.807, 2.05) is 13.1 Å². The van der Waals surface area contributed by atoms with Crippen molar-refractivity contribution in [3.05, 3.63) is 23.3 Å². The van der Waals surface area contributed by atoms with Crippen molar-refractivity contribution in [2.75, 3.05) is 13.6 Å². The fraction of sp³-hybridized carbons (Fsp3) is 0.588. The van der Waals surface area contributed by atoms with Gasteiger partial charge in [0.1, 0.15) is 0 Å². The monoisotopic (exact) mass is 301 g/mol. The molecule has 1 spiro atoms. The number of aliphatic hydroxyl groups is 1. The van der Waals surface area contributed by atoms with E-state index in [0.29, 0.717) is 25.0 Å². The lowest BCUT2D eigenvalue weighted by Gasteiger charge is -2.61. The summed E-state index contributed by atoms with van der Waals surface area (Å²) in [5.41, 5.74) is 0.370. The predicted molar refractivity (Wildman–Crippen MR) is 78.1 cm³/mol. The van der Waals surface area contributed by atoms with E-state index in [4.69, 9.17) is 4.74 Å². The van der Waals surface area contributed by atoms with Gasteiger partial charge in [-0.25, -0.2) is 0 Å². The summed E-state index contributed by atoms with van der Waals surface area (Å²) in [4.78, 5) is 14.7. The smallest absolute Gasteiger partial charge is 0.174 e. The number of likely N-dealkylation sites (N-methyl/N-ethyl adjacent to an activating group) is 1. The molecule has 0 radical (unpaired) electrons. The quantitative estimate of drug-likeness (QED) is 0.740. The fourth-order valence-corrected chi connectivity index (χ4v) is 5.54. The topological polar surface area (TPSA) is 70.0 Å². The number of rotatable bonds is 0. The third kappa shape index (κ3) is 1.13. The van der Waals surface area contributed by atoms with Crippen LogP contribution in [0.2, 0.25) is 0 Å². The molecule has 3 unspecified atom stereocenters. The zero-order chi connectivity index (χ0) is 15.3. The highest BCUT2D eigenvalue weighted by Gasteiger charge is 2.72. The van der Waals surface area contributed by atoms with Crippen LogP contribution in [0.25, 0.3) is 0 Å². The van der Waals surface area contributed by atoms with Crippen molar-refractivity contribution in [1.29, 1.82) is 0 Å². The lowest BCUT2D eigenvalue weighted by molar-refractivity contribution is -0.185. The van der Waals surface area contributed by atoms with Crippen LogP contribution < -0.4 is 4.74 Å². The summed E-state index contributed by atoms with van der Waals surface area (Å²) in [5, 5.41) is 21.8. The molecule has 2 aliphatic carbocycles. The van der Waals surface area contributed by atoms with Crippen molar-refractivity contribution in [3.8, 4) is 11.5 Å². The van der Waals surface area contributed by atoms with Crippen LogP contribution in [0.15, 0.2) is 12.1 Å². The summed E-state index contributed by atoms with van der Waals surface area (Å²) in [6, 6.07) is 3.57. The Hall–Kier alpha value is -1.59. The molecule has 2 heterocycles. The van der Waals surface area contributed by atoms with E-state index in [1.165, 1.54) is 0 Å². The number of ether oxygens (including phenoxy) is 1. The standard InChI is InChI=1S/C17H19NO4/c1-18-7-6-16-13-9-2-3-10(19)14(13)22-15(16)11(20)4-5-17(16,21)12(18)8-9/h2-3,12,15,19,21H,4-8H2,1H3/t12?,15?,16?,17-/m1/s1. The Labute approximate surface area is 128 Å². The van der Waals surface area contributed by atoms with Crippen LogP contribution in [0.4, 0.5) is 0 Å². The highest BCUT2D eigenvalue weighted by atomic mass is 16.5. The zero-order valence-electron chi connectivity index (χ0n) is 12.5. The Kier molecular flexibility index (Phi) is 2.15. The van der Waals surface area contributed by atoms with E-state index >= 15 is 0 Å². The van der Waals surface area contributed by atoms with Gasteiger partial charge >= 0.3 is 0 Å². The van der Waals surface area contributed by atoms with Gasteiger partial charge in [-0.2, -0.15) is 0 Å². The minimum absolute atomic E-state index is 0.00319. The van der Waals surface area contributed by atoms with Crippen LogP contribution in [0, 0.1) is 0 Å². The van der Waals surface area contributed by atoms with Gasteiger partial charge in [-0.3, -0.25) is 4.79 Å². The van der Waals surface area contributed by atoms with Gasteiger partial charge in [0, 0.05) is 18.0 Å². The number of hydrogen-bond donors (Lipinski definition) is 2. The van der Waals surface area contributed by atoms with E-state index in [9.17, 15) is 15.0 Å². The van der Waals surface area contributed by atoms with E-state index in [1.54, 1.807) is 6.07 Å². The second-order valence-corrected chi connectivity index (χ2v) is 7.26. The normalized spacial score (nSPS) is 42.0. The second kappa shape index (κ2) is 3.66.